The summed E-state index contributed by atoms with van der Waals surface area (Å²) >= 11 is 0. The maximum absolute atomic E-state index is 12.7. The third kappa shape index (κ3) is 4.09. The molecule has 0 spiro atoms. The minimum atomic E-state index is 0.000976. The van der Waals surface area contributed by atoms with Crippen LogP contribution in [-0.2, 0) is 24.9 Å². The molecule has 0 bridgehead atoms. The molecule has 0 atom stereocenters. The number of fused-ring (bicyclic) bond motifs is 1. The van der Waals surface area contributed by atoms with Crippen LogP contribution >= 0.6 is 0 Å². The smallest absolute Gasteiger partial charge is 0.255 e. The molecule has 2 aliphatic rings. The topological polar surface area (TPSA) is 61.4 Å². The van der Waals surface area contributed by atoms with E-state index in [1.165, 1.54) is 11.1 Å². The lowest BCUT2D eigenvalue weighted by molar-refractivity contribution is 0.241. The first-order valence-electron chi connectivity index (χ1n) is 10.4. The molecule has 0 saturated heterocycles. The van der Waals surface area contributed by atoms with E-state index >= 15 is 0 Å². The average molecular weight is 379 g/mol. The molecule has 2 aliphatic heterocycles. The van der Waals surface area contributed by atoms with Gasteiger partial charge in [-0.15, -0.1) is 0 Å². The fourth-order valence-corrected chi connectivity index (χ4v) is 4.01. The standard InChI is InChI=1S/C23H30N4O/c1-23(2,3)17-9-7-16(8-10-17)14-27-13-11-19-18(15-27)22(28)26-21(25-19)20-6-4-5-12-24-20/h7-10H,4-6,11-15H2,1-3H3,(H,25,26,28). The third-order valence-corrected chi connectivity index (χ3v) is 5.77. The van der Waals surface area contributed by atoms with Crippen molar-refractivity contribution in [2.45, 2.75) is 65.0 Å². The van der Waals surface area contributed by atoms with E-state index in [4.69, 9.17) is 4.98 Å². The number of aliphatic imine (C=N–C) groups is 1. The van der Waals surface area contributed by atoms with Crippen LogP contribution in [0.3, 0.4) is 0 Å². The molecule has 5 heteroatoms. The quantitative estimate of drug-likeness (QED) is 0.888. The molecule has 3 heterocycles. The molecule has 1 aromatic heterocycles. The van der Waals surface area contributed by atoms with Crippen molar-refractivity contribution in [2.24, 2.45) is 4.99 Å². The van der Waals surface area contributed by atoms with E-state index in [1.54, 1.807) is 0 Å². The average Bonchev–Trinajstić information content (AvgIpc) is 2.69. The summed E-state index contributed by atoms with van der Waals surface area (Å²) in [5, 5.41) is 0. The Balaban J connectivity index is 1.49. The minimum absolute atomic E-state index is 0.000976. The normalized spacial score (nSPS) is 17.9. The predicted molar refractivity (Wildman–Crippen MR) is 113 cm³/mol. The second-order valence-electron chi connectivity index (χ2n) is 9.03. The van der Waals surface area contributed by atoms with Gasteiger partial charge in [-0.05, 0) is 35.8 Å². The van der Waals surface area contributed by atoms with Crippen LogP contribution in [0.15, 0.2) is 34.1 Å². The van der Waals surface area contributed by atoms with Crippen molar-refractivity contribution in [3.63, 3.8) is 0 Å². The van der Waals surface area contributed by atoms with Gasteiger partial charge in [0.1, 0.15) is 0 Å². The lowest BCUT2D eigenvalue weighted by Crippen LogP contribution is -2.36. The zero-order valence-electron chi connectivity index (χ0n) is 17.2. The second kappa shape index (κ2) is 7.63. The highest BCUT2D eigenvalue weighted by atomic mass is 16.1. The highest BCUT2D eigenvalue weighted by molar-refractivity contribution is 5.97. The van der Waals surface area contributed by atoms with Crippen LogP contribution in [-0.4, -0.2) is 33.7 Å². The minimum Gasteiger partial charge on any atom is -0.305 e. The lowest BCUT2D eigenvalue weighted by atomic mass is 9.86. The first-order valence-corrected chi connectivity index (χ1v) is 10.4. The Hall–Kier alpha value is -2.27. The Bertz CT molecular complexity index is 935. The number of benzene rings is 1. The first kappa shape index (κ1) is 19.1. The summed E-state index contributed by atoms with van der Waals surface area (Å²) in [5.74, 6) is 0.690. The summed E-state index contributed by atoms with van der Waals surface area (Å²) in [5.41, 5.74) is 5.53. The summed E-state index contributed by atoms with van der Waals surface area (Å²) in [6.07, 6.45) is 3.99. The van der Waals surface area contributed by atoms with Crippen LogP contribution in [0, 0.1) is 0 Å². The molecule has 0 amide bonds. The van der Waals surface area contributed by atoms with Gasteiger partial charge in [-0.1, -0.05) is 45.0 Å². The van der Waals surface area contributed by atoms with E-state index in [1.807, 2.05) is 0 Å². The van der Waals surface area contributed by atoms with Gasteiger partial charge in [-0.25, -0.2) is 4.98 Å². The zero-order chi connectivity index (χ0) is 19.7. The molecule has 2 aromatic rings. The fourth-order valence-electron chi connectivity index (χ4n) is 4.01. The molecular weight excluding hydrogens is 348 g/mol. The van der Waals surface area contributed by atoms with Crippen molar-refractivity contribution in [1.82, 2.24) is 14.9 Å². The summed E-state index contributed by atoms with van der Waals surface area (Å²) in [6.45, 7) is 9.99. The largest absolute Gasteiger partial charge is 0.305 e. The third-order valence-electron chi connectivity index (χ3n) is 5.77. The van der Waals surface area contributed by atoms with Gasteiger partial charge >= 0.3 is 0 Å². The van der Waals surface area contributed by atoms with Crippen molar-refractivity contribution in [3.05, 3.63) is 62.8 Å². The molecule has 1 aromatic carbocycles. The number of nitrogens with one attached hydrogen (secondary N) is 1. The van der Waals surface area contributed by atoms with Crippen LogP contribution in [0.4, 0.5) is 0 Å². The lowest BCUT2D eigenvalue weighted by Gasteiger charge is -2.28. The number of hydrogen-bond acceptors (Lipinski definition) is 4. The van der Waals surface area contributed by atoms with Gasteiger partial charge in [0.05, 0.1) is 17.0 Å². The zero-order valence-corrected chi connectivity index (χ0v) is 17.2. The molecule has 5 nitrogen and oxygen atoms in total. The van der Waals surface area contributed by atoms with Gasteiger partial charge in [0.25, 0.3) is 5.56 Å². The van der Waals surface area contributed by atoms with Crippen molar-refractivity contribution in [2.75, 3.05) is 13.1 Å². The van der Waals surface area contributed by atoms with E-state index in [0.29, 0.717) is 12.4 Å². The predicted octanol–water partition coefficient (Wildman–Crippen LogP) is 3.60. The summed E-state index contributed by atoms with van der Waals surface area (Å²) in [4.78, 5) is 27.4. The van der Waals surface area contributed by atoms with Crippen molar-refractivity contribution in [1.29, 1.82) is 0 Å². The number of aromatic amines is 1. The number of nitrogens with zero attached hydrogens (tertiary/aromatic N) is 3. The Morgan fingerprint density at radius 3 is 2.57 bits per heavy atom. The molecule has 148 valence electrons. The van der Waals surface area contributed by atoms with Crippen LogP contribution < -0.4 is 5.56 Å². The maximum Gasteiger partial charge on any atom is 0.255 e. The molecule has 0 saturated carbocycles. The Labute approximate surface area is 166 Å². The van der Waals surface area contributed by atoms with Crippen molar-refractivity contribution >= 4 is 5.71 Å². The van der Waals surface area contributed by atoms with E-state index in [2.05, 4.69) is 59.9 Å². The van der Waals surface area contributed by atoms with Gasteiger partial charge in [0.2, 0.25) is 0 Å². The van der Waals surface area contributed by atoms with Crippen LogP contribution in [0.5, 0.6) is 0 Å². The first-order chi connectivity index (χ1) is 13.4. The van der Waals surface area contributed by atoms with Crippen LogP contribution in [0.2, 0.25) is 0 Å². The number of rotatable bonds is 3. The van der Waals surface area contributed by atoms with Gasteiger partial charge in [0, 0.05) is 32.6 Å². The van der Waals surface area contributed by atoms with Crippen molar-refractivity contribution in [3.8, 4) is 0 Å². The van der Waals surface area contributed by atoms with E-state index in [-0.39, 0.29) is 11.0 Å². The highest BCUT2D eigenvalue weighted by Gasteiger charge is 2.23. The van der Waals surface area contributed by atoms with Crippen LogP contribution in [0.25, 0.3) is 0 Å². The molecular formula is C23H30N4O. The number of hydrogen-bond donors (Lipinski definition) is 1. The van der Waals surface area contributed by atoms with E-state index in [0.717, 1.165) is 62.3 Å². The van der Waals surface area contributed by atoms with Crippen LogP contribution in [0.1, 0.15) is 68.2 Å². The Morgan fingerprint density at radius 2 is 1.89 bits per heavy atom. The van der Waals surface area contributed by atoms with Gasteiger partial charge in [-0.3, -0.25) is 14.7 Å². The maximum atomic E-state index is 12.7. The Morgan fingerprint density at radius 1 is 1.11 bits per heavy atom. The highest BCUT2D eigenvalue weighted by Crippen LogP contribution is 2.23. The monoisotopic (exact) mass is 378 g/mol. The summed E-state index contributed by atoms with van der Waals surface area (Å²) in [6, 6.07) is 8.86. The summed E-state index contributed by atoms with van der Waals surface area (Å²) < 4.78 is 0. The molecule has 0 aliphatic carbocycles. The Kier molecular flexibility index (Phi) is 5.19. The van der Waals surface area contributed by atoms with Gasteiger partial charge in [0.15, 0.2) is 5.82 Å². The SMILES string of the molecule is CC(C)(C)c1ccc(CN2CCc3nc(C4=NCCCC4)[nH]c(=O)c3C2)cc1. The van der Waals surface area contributed by atoms with Gasteiger partial charge < -0.3 is 4.98 Å². The fraction of sp³-hybridized carbons (Fsp3) is 0.522. The van der Waals surface area contributed by atoms with E-state index < -0.39 is 0 Å². The molecule has 1 N–H and O–H groups in total. The number of aromatic nitrogens is 2. The molecule has 4 rings (SSSR count). The van der Waals surface area contributed by atoms with Gasteiger partial charge in [-0.2, -0.15) is 0 Å². The molecule has 0 radical (unpaired) electrons. The second-order valence-corrected chi connectivity index (χ2v) is 9.03. The molecule has 28 heavy (non-hydrogen) atoms. The van der Waals surface area contributed by atoms with Crippen molar-refractivity contribution < 1.29 is 0 Å². The molecule has 0 fully saturated rings. The summed E-state index contributed by atoms with van der Waals surface area (Å²) in [7, 11) is 0. The van der Waals surface area contributed by atoms with E-state index in [9.17, 15) is 4.79 Å². The number of H-pyrrole nitrogens is 1. The molecule has 0 unspecified atom stereocenters.